The molecule has 0 unspecified atom stereocenters. The summed E-state index contributed by atoms with van der Waals surface area (Å²) in [7, 11) is 0. The summed E-state index contributed by atoms with van der Waals surface area (Å²) >= 11 is 0. The summed E-state index contributed by atoms with van der Waals surface area (Å²) in [6.07, 6.45) is -9.65. The maximum absolute atomic E-state index is 12.8. The van der Waals surface area contributed by atoms with Crippen LogP contribution in [0, 0.1) is 6.92 Å². The van der Waals surface area contributed by atoms with Crippen molar-refractivity contribution >= 4 is 22.6 Å². The molecule has 0 amide bonds. The van der Waals surface area contributed by atoms with Crippen molar-refractivity contribution in [3.63, 3.8) is 0 Å². The van der Waals surface area contributed by atoms with Gasteiger partial charge in [0.15, 0.2) is 5.75 Å². The van der Waals surface area contributed by atoms with Gasteiger partial charge in [0.2, 0.25) is 0 Å². The average molecular weight is 407 g/mol. The summed E-state index contributed by atoms with van der Waals surface area (Å²) in [5.41, 5.74) is 5.27. The first-order valence-corrected chi connectivity index (χ1v) is 7.52. The quantitative estimate of drug-likeness (QED) is 0.630. The molecule has 2 heterocycles. The molecule has 0 saturated carbocycles. The maximum atomic E-state index is 12.8. The third-order valence-electron chi connectivity index (χ3n) is 3.46. The van der Waals surface area contributed by atoms with Crippen LogP contribution in [0.2, 0.25) is 0 Å². The zero-order valence-electron chi connectivity index (χ0n) is 13.9. The van der Waals surface area contributed by atoms with Crippen molar-refractivity contribution in [3.8, 4) is 17.3 Å². The van der Waals surface area contributed by atoms with Gasteiger partial charge in [-0.1, -0.05) is 5.10 Å². The highest BCUT2D eigenvalue weighted by Crippen LogP contribution is 2.36. The molecule has 3 rings (SSSR count). The number of alkyl halides is 6. The number of anilines is 2. The van der Waals surface area contributed by atoms with E-state index in [0.717, 1.165) is 6.07 Å². The fraction of sp³-hybridized carbons (Fsp3) is 0.267. The topological polar surface area (TPSA) is 99.1 Å². The van der Waals surface area contributed by atoms with Crippen molar-refractivity contribution in [2.75, 3.05) is 17.6 Å². The number of fused-ring (bicyclic) bond motifs is 1. The number of aryl methyl sites for hydroxylation is 1. The number of hydrogen-bond donors (Lipinski definition) is 2. The molecule has 0 aliphatic carbocycles. The number of benzene rings is 1. The minimum absolute atomic E-state index is 0.0252. The number of nitrogens with two attached hydrogens (primary N) is 1. The van der Waals surface area contributed by atoms with Gasteiger partial charge < -0.3 is 20.2 Å². The number of nitrogens with zero attached hydrogens (tertiary/aromatic N) is 3. The Bertz CT molecular complexity index is 1010. The summed E-state index contributed by atoms with van der Waals surface area (Å²) in [5.74, 6) is -0.924. The highest BCUT2D eigenvalue weighted by molar-refractivity contribution is 5.92. The summed E-state index contributed by atoms with van der Waals surface area (Å²) in [6, 6.07) is 3.16. The highest BCUT2D eigenvalue weighted by atomic mass is 19.4. The standard InChI is InChI=1S/C15H11F6N5O2/c1-6-2-9(12-25-26-13(22)27-12)24-11-8(6)3-7(23-5-14(16,17)18)4-10(11)28-15(19,20)21/h2-4,23H,5H2,1H3,(H2,22,26). The molecule has 1 aromatic carbocycles. The largest absolute Gasteiger partial charge is 0.573 e. The van der Waals surface area contributed by atoms with Crippen LogP contribution in [-0.2, 0) is 0 Å². The van der Waals surface area contributed by atoms with Crippen LogP contribution in [0.1, 0.15) is 5.56 Å². The van der Waals surface area contributed by atoms with Gasteiger partial charge in [0.1, 0.15) is 17.8 Å². The number of hydrogen-bond acceptors (Lipinski definition) is 7. The van der Waals surface area contributed by atoms with Gasteiger partial charge in [0.05, 0.1) is 0 Å². The van der Waals surface area contributed by atoms with Crippen LogP contribution in [0.3, 0.4) is 0 Å². The Morgan fingerprint density at radius 1 is 1.11 bits per heavy atom. The predicted octanol–water partition coefficient (Wildman–Crippen LogP) is 4.05. The molecule has 150 valence electrons. The fourth-order valence-electron chi connectivity index (χ4n) is 2.41. The first kappa shape index (κ1) is 19.5. The zero-order chi connectivity index (χ0) is 20.7. The van der Waals surface area contributed by atoms with E-state index >= 15 is 0 Å². The molecule has 0 bridgehead atoms. The van der Waals surface area contributed by atoms with E-state index in [1.165, 1.54) is 19.1 Å². The normalized spacial score (nSPS) is 12.4. The molecule has 13 heteroatoms. The Labute approximate surface area is 152 Å². The summed E-state index contributed by atoms with van der Waals surface area (Å²) < 4.78 is 84.6. The van der Waals surface area contributed by atoms with Crippen LogP contribution in [0.4, 0.5) is 38.0 Å². The van der Waals surface area contributed by atoms with Gasteiger partial charge in [-0.15, -0.1) is 18.3 Å². The lowest BCUT2D eigenvalue weighted by molar-refractivity contribution is -0.274. The molecule has 0 aliphatic heterocycles. The van der Waals surface area contributed by atoms with Gasteiger partial charge in [0, 0.05) is 17.1 Å². The number of nitrogens with one attached hydrogen (secondary N) is 1. The van der Waals surface area contributed by atoms with Crippen molar-refractivity contribution in [2.45, 2.75) is 19.5 Å². The molecule has 0 radical (unpaired) electrons. The summed E-state index contributed by atoms with van der Waals surface area (Å²) in [4.78, 5) is 4.03. The number of pyridine rings is 1. The summed E-state index contributed by atoms with van der Waals surface area (Å²) in [5, 5.41) is 9.21. The number of rotatable bonds is 4. The van der Waals surface area contributed by atoms with Crippen molar-refractivity contribution in [1.29, 1.82) is 0 Å². The van der Waals surface area contributed by atoms with Crippen LogP contribution >= 0.6 is 0 Å². The van der Waals surface area contributed by atoms with Crippen LogP contribution in [0.5, 0.6) is 5.75 Å². The van der Waals surface area contributed by atoms with E-state index in [1.807, 2.05) is 5.32 Å². The van der Waals surface area contributed by atoms with Crippen LogP contribution in [-0.4, -0.2) is 34.3 Å². The SMILES string of the molecule is Cc1cc(-c2nnc(N)o2)nc2c(OC(F)(F)F)cc(NCC(F)(F)F)cc12. The fourth-order valence-corrected chi connectivity index (χ4v) is 2.41. The number of aromatic nitrogens is 3. The van der Waals surface area contributed by atoms with Gasteiger partial charge in [-0.25, -0.2) is 4.98 Å². The van der Waals surface area contributed by atoms with E-state index < -0.39 is 24.8 Å². The lowest BCUT2D eigenvalue weighted by Gasteiger charge is -2.16. The first-order chi connectivity index (χ1) is 12.9. The molecule has 28 heavy (non-hydrogen) atoms. The second-order valence-corrected chi connectivity index (χ2v) is 5.66. The first-order valence-electron chi connectivity index (χ1n) is 7.52. The molecule has 0 aliphatic rings. The third kappa shape index (κ3) is 4.53. The number of halogens is 6. The number of ether oxygens (including phenoxy) is 1. The Balaban J connectivity index is 2.14. The van der Waals surface area contributed by atoms with E-state index in [-0.39, 0.29) is 34.2 Å². The minimum Gasteiger partial charge on any atom is -0.403 e. The van der Waals surface area contributed by atoms with Gasteiger partial charge in [0.25, 0.3) is 5.89 Å². The lowest BCUT2D eigenvalue weighted by Crippen LogP contribution is -2.21. The van der Waals surface area contributed by atoms with Crippen LogP contribution < -0.4 is 15.8 Å². The smallest absolute Gasteiger partial charge is 0.403 e. The average Bonchev–Trinajstić information content (AvgIpc) is 2.98. The van der Waals surface area contributed by atoms with Gasteiger partial charge in [-0.05, 0) is 24.6 Å². The molecule has 0 saturated heterocycles. The van der Waals surface area contributed by atoms with Crippen molar-refractivity contribution in [3.05, 3.63) is 23.8 Å². The molecule has 0 atom stereocenters. The Morgan fingerprint density at radius 3 is 2.39 bits per heavy atom. The third-order valence-corrected chi connectivity index (χ3v) is 3.46. The predicted molar refractivity (Wildman–Crippen MR) is 85.4 cm³/mol. The van der Waals surface area contributed by atoms with E-state index in [2.05, 4.69) is 19.9 Å². The summed E-state index contributed by atoms with van der Waals surface area (Å²) in [6.45, 7) is 0.0912. The molecule has 2 aromatic heterocycles. The lowest BCUT2D eigenvalue weighted by atomic mass is 10.1. The Kier molecular flexibility index (Phi) is 4.69. The Hall–Kier alpha value is -3.25. The van der Waals surface area contributed by atoms with Gasteiger partial charge in [-0.2, -0.15) is 13.2 Å². The highest BCUT2D eigenvalue weighted by Gasteiger charge is 2.33. The molecule has 7 nitrogen and oxygen atoms in total. The van der Waals surface area contributed by atoms with Crippen molar-refractivity contribution < 1.29 is 35.5 Å². The van der Waals surface area contributed by atoms with Crippen molar-refractivity contribution in [2.24, 2.45) is 0 Å². The monoisotopic (exact) mass is 407 g/mol. The maximum Gasteiger partial charge on any atom is 0.573 e. The molecule has 0 spiro atoms. The molecular formula is C15H11F6N5O2. The Morgan fingerprint density at radius 2 is 1.82 bits per heavy atom. The molecule has 3 N–H and O–H groups in total. The van der Waals surface area contributed by atoms with Crippen LogP contribution in [0.15, 0.2) is 22.6 Å². The number of nitrogen functional groups attached to an aromatic ring is 1. The van der Waals surface area contributed by atoms with E-state index in [1.54, 1.807) is 0 Å². The van der Waals surface area contributed by atoms with Crippen molar-refractivity contribution in [1.82, 2.24) is 15.2 Å². The van der Waals surface area contributed by atoms with Crippen LogP contribution in [0.25, 0.3) is 22.5 Å². The molecule has 3 aromatic rings. The zero-order valence-corrected chi connectivity index (χ0v) is 13.9. The van der Waals surface area contributed by atoms with Gasteiger partial charge in [-0.3, -0.25) is 0 Å². The second-order valence-electron chi connectivity index (χ2n) is 5.66. The van der Waals surface area contributed by atoms with E-state index in [0.29, 0.717) is 5.56 Å². The van der Waals surface area contributed by atoms with E-state index in [4.69, 9.17) is 10.2 Å². The second kappa shape index (κ2) is 6.73. The molecular weight excluding hydrogens is 396 g/mol. The van der Waals surface area contributed by atoms with Gasteiger partial charge >= 0.3 is 18.6 Å². The minimum atomic E-state index is -5.09. The molecule has 0 fully saturated rings. The van der Waals surface area contributed by atoms with E-state index in [9.17, 15) is 26.3 Å².